The van der Waals surface area contributed by atoms with Crippen molar-refractivity contribution < 1.29 is 28.6 Å². The van der Waals surface area contributed by atoms with Crippen LogP contribution in [0.1, 0.15) is 6.42 Å². The van der Waals surface area contributed by atoms with E-state index < -0.39 is 36.3 Å². The first-order chi connectivity index (χ1) is 9.35. The number of carbonyl (C=O) groups is 2. The molecule has 1 rings (SSSR count). The average molecular weight is 353 g/mol. The van der Waals surface area contributed by atoms with Gasteiger partial charge in [0.15, 0.2) is 5.82 Å². The number of carbonyl (C=O) groups excluding carboxylic acids is 1. The molecule has 1 aromatic carbocycles. The van der Waals surface area contributed by atoms with Crippen molar-refractivity contribution in [3.63, 3.8) is 0 Å². The summed E-state index contributed by atoms with van der Waals surface area (Å²) in [5.41, 5.74) is -0.322. The van der Waals surface area contributed by atoms with Crippen LogP contribution in [0, 0.1) is 11.6 Å². The molecule has 6 nitrogen and oxygen atoms in total. The molecule has 0 fully saturated rings. The van der Waals surface area contributed by atoms with E-state index in [4.69, 9.17) is 10.2 Å². The maximum absolute atomic E-state index is 13.4. The van der Waals surface area contributed by atoms with Gasteiger partial charge in [0.2, 0.25) is 0 Å². The molecule has 0 aliphatic heterocycles. The Morgan fingerprint density at radius 1 is 1.35 bits per heavy atom. The summed E-state index contributed by atoms with van der Waals surface area (Å²) in [6.07, 6.45) is -0.199. The molecule has 110 valence electrons. The molecule has 0 spiro atoms. The normalized spacial score (nSPS) is 11.8. The number of hydrogen-bond acceptors (Lipinski definition) is 3. The number of rotatable bonds is 5. The van der Waals surface area contributed by atoms with E-state index >= 15 is 0 Å². The van der Waals surface area contributed by atoms with Gasteiger partial charge in [-0.25, -0.2) is 18.4 Å². The van der Waals surface area contributed by atoms with Gasteiger partial charge in [-0.15, -0.1) is 0 Å². The summed E-state index contributed by atoms with van der Waals surface area (Å²) in [6.45, 7) is -0.439. The fourth-order valence-electron chi connectivity index (χ4n) is 1.36. The van der Waals surface area contributed by atoms with Crippen LogP contribution < -0.4 is 10.6 Å². The molecular weight excluding hydrogens is 342 g/mol. The summed E-state index contributed by atoms with van der Waals surface area (Å²) in [4.78, 5) is 22.3. The highest BCUT2D eigenvalue weighted by molar-refractivity contribution is 9.10. The van der Waals surface area contributed by atoms with Gasteiger partial charge in [-0.2, -0.15) is 0 Å². The van der Waals surface area contributed by atoms with E-state index in [1.807, 2.05) is 5.32 Å². The van der Waals surface area contributed by atoms with Crippen LogP contribution in [0.2, 0.25) is 0 Å². The smallest absolute Gasteiger partial charge is 0.326 e. The Kier molecular flexibility index (Phi) is 5.83. The minimum Gasteiger partial charge on any atom is -0.480 e. The number of anilines is 1. The SMILES string of the molecule is O=C(Nc1c(F)cc(F)cc1Br)N[C@@H](CCO)C(=O)O. The molecular formula is C11H11BrF2N2O4. The molecule has 0 radical (unpaired) electrons. The molecule has 1 atom stereocenters. The second-order valence-corrected chi connectivity index (χ2v) is 4.60. The maximum atomic E-state index is 13.4. The molecule has 0 saturated heterocycles. The molecule has 0 bridgehead atoms. The monoisotopic (exact) mass is 352 g/mol. The lowest BCUT2D eigenvalue weighted by Crippen LogP contribution is -2.43. The van der Waals surface area contributed by atoms with Gasteiger partial charge >= 0.3 is 12.0 Å². The summed E-state index contributed by atoms with van der Waals surface area (Å²) in [5, 5.41) is 21.6. The number of aliphatic hydroxyl groups excluding tert-OH is 1. The molecule has 0 heterocycles. The van der Waals surface area contributed by atoms with Crippen LogP contribution in [-0.2, 0) is 4.79 Å². The first-order valence-electron chi connectivity index (χ1n) is 5.41. The third-order valence-electron chi connectivity index (χ3n) is 2.27. The van der Waals surface area contributed by atoms with Gasteiger partial charge in [0, 0.05) is 23.6 Å². The number of carboxylic acid groups (broad SMARTS) is 1. The summed E-state index contributed by atoms with van der Waals surface area (Å²) in [5.74, 6) is -3.18. The first kappa shape index (κ1) is 16.3. The van der Waals surface area contributed by atoms with Crippen molar-refractivity contribution in [1.29, 1.82) is 0 Å². The number of urea groups is 1. The maximum Gasteiger partial charge on any atom is 0.326 e. The van der Waals surface area contributed by atoms with E-state index in [0.29, 0.717) is 6.07 Å². The lowest BCUT2D eigenvalue weighted by molar-refractivity contribution is -0.139. The predicted molar refractivity (Wildman–Crippen MR) is 69.3 cm³/mol. The number of aliphatic hydroxyl groups is 1. The van der Waals surface area contributed by atoms with Crippen molar-refractivity contribution in [3.05, 3.63) is 28.2 Å². The Morgan fingerprint density at radius 3 is 2.50 bits per heavy atom. The first-order valence-corrected chi connectivity index (χ1v) is 6.20. The molecule has 1 aromatic rings. The standard InChI is InChI=1S/C11H11BrF2N2O4/c12-6-3-5(13)4-7(14)9(6)16-11(20)15-8(1-2-17)10(18)19/h3-4,8,17H,1-2H2,(H,18,19)(H2,15,16,20)/t8-/m0/s1. The Balaban J connectivity index is 2.78. The Hall–Kier alpha value is -1.74. The van der Waals surface area contributed by atoms with E-state index in [9.17, 15) is 18.4 Å². The minimum absolute atomic E-state index is 0.0285. The molecule has 2 amide bonds. The van der Waals surface area contributed by atoms with Crippen molar-refractivity contribution in [3.8, 4) is 0 Å². The lowest BCUT2D eigenvalue weighted by atomic mass is 10.2. The van der Waals surface area contributed by atoms with Gasteiger partial charge in [0.05, 0.1) is 5.69 Å². The molecule has 0 aliphatic carbocycles. The third-order valence-corrected chi connectivity index (χ3v) is 2.89. The van der Waals surface area contributed by atoms with Crippen LogP contribution in [0.25, 0.3) is 0 Å². The molecule has 0 unspecified atom stereocenters. The zero-order valence-electron chi connectivity index (χ0n) is 9.99. The van der Waals surface area contributed by atoms with Gasteiger partial charge in [-0.05, 0) is 22.0 Å². The van der Waals surface area contributed by atoms with E-state index in [1.54, 1.807) is 0 Å². The van der Waals surface area contributed by atoms with Gasteiger partial charge < -0.3 is 20.8 Å². The molecule has 20 heavy (non-hydrogen) atoms. The number of nitrogens with one attached hydrogen (secondary N) is 2. The zero-order chi connectivity index (χ0) is 15.3. The van der Waals surface area contributed by atoms with Crippen molar-refractivity contribution in [2.24, 2.45) is 0 Å². The summed E-state index contributed by atoms with van der Waals surface area (Å²) >= 11 is 2.87. The Bertz CT molecular complexity index is 504. The molecule has 9 heteroatoms. The third kappa shape index (κ3) is 4.42. The average Bonchev–Trinajstić information content (AvgIpc) is 2.33. The minimum atomic E-state index is -1.34. The summed E-state index contributed by atoms with van der Waals surface area (Å²) in [7, 11) is 0. The van der Waals surface area contributed by atoms with Crippen LogP contribution in [0.3, 0.4) is 0 Å². The number of hydrogen-bond donors (Lipinski definition) is 4. The number of benzene rings is 1. The van der Waals surface area contributed by atoms with Crippen molar-refractivity contribution in [1.82, 2.24) is 5.32 Å². The highest BCUT2D eigenvalue weighted by Gasteiger charge is 2.20. The Labute approximate surface area is 120 Å². The zero-order valence-corrected chi connectivity index (χ0v) is 11.6. The van der Waals surface area contributed by atoms with Crippen molar-refractivity contribution in [2.45, 2.75) is 12.5 Å². The summed E-state index contributed by atoms with van der Waals surface area (Å²) < 4.78 is 26.3. The van der Waals surface area contributed by atoms with E-state index in [-0.39, 0.29) is 16.6 Å². The fraction of sp³-hybridized carbons (Fsp3) is 0.273. The highest BCUT2D eigenvalue weighted by Crippen LogP contribution is 2.26. The Morgan fingerprint density at radius 2 is 2.00 bits per heavy atom. The van der Waals surface area contributed by atoms with Gasteiger partial charge in [0.1, 0.15) is 11.9 Å². The van der Waals surface area contributed by atoms with E-state index in [0.717, 1.165) is 6.07 Å². The second kappa shape index (κ2) is 7.15. The van der Waals surface area contributed by atoms with Gasteiger partial charge in [0.25, 0.3) is 0 Å². The van der Waals surface area contributed by atoms with Gasteiger partial charge in [-0.1, -0.05) is 0 Å². The molecule has 4 N–H and O–H groups in total. The number of carboxylic acids is 1. The topological polar surface area (TPSA) is 98.7 Å². The van der Waals surface area contributed by atoms with Crippen LogP contribution >= 0.6 is 15.9 Å². The van der Waals surface area contributed by atoms with Crippen molar-refractivity contribution >= 4 is 33.6 Å². The van der Waals surface area contributed by atoms with Gasteiger partial charge in [-0.3, -0.25) is 0 Å². The quantitative estimate of drug-likeness (QED) is 0.647. The molecule has 0 saturated carbocycles. The van der Waals surface area contributed by atoms with Crippen LogP contribution in [0.15, 0.2) is 16.6 Å². The summed E-state index contributed by atoms with van der Waals surface area (Å²) in [6, 6.07) is -0.788. The lowest BCUT2D eigenvalue weighted by Gasteiger charge is -2.15. The second-order valence-electron chi connectivity index (χ2n) is 3.75. The van der Waals surface area contributed by atoms with Crippen LogP contribution in [0.4, 0.5) is 19.3 Å². The van der Waals surface area contributed by atoms with Crippen LogP contribution in [0.5, 0.6) is 0 Å². The number of halogens is 3. The molecule has 0 aliphatic rings. The van der Waals surface area contributed by atoms with Crippen molar-refractivity contribution in [2.75, 3.05) is 11.9 Å². The molecule has 0 aromatic heterocycles. The highest BCUT2D eigenvalue weighted by atomic mass is 79.9. The predicted octanol–water partition coefficient (Wildman–Crippen LogP) is 1.68. The largest absolute Gasteiger partial charge is 0.480 e. The number of amides is 2. The van der Waals surface area contributed by atoms with E-state index in [2.05, 4.69) is 21.2 Å². The van der Waals surface area contributed by atoms with E-state index in [1.165, 1.54) is 0 Å². The van der Waals surface area contributed by atoms with Crippen LogP contribution in [-0.4, -0.2) is 34.9 Å². The fourth-order valence-corrected chi connectivity index (χ4v) is 1.86. The number of aliphatic carboxylic acids is 1.